The largest absolute Gasteiger partial charge is 0.492 e. The molecule has 1 aromatic carbocycles. The van der Waals surface area contributed by atoms with Crippen molar-refractivity contribution < 1.29 is 23.1 Å². The number of carboxylic acids is 1. The van der Waals surface area contributed by atoms with Gasteiger partial charge in [0.1, 0.15) is 16.7 Å². The lowest BCUT2D eigenvalue weighted by Crippen LogP contribution is -2.40. The predicted molar refractivity (Wildman–Crippen MR) is 79.9 cm³/mol. The van der Waals surface area contributed by atoms with Crippen LogP contribution in [0.4, 0.5) is 0 Å². The highest BCUT2D eigenvalue weighted by atomic mass is 79.9. The van der Waals surface area contributed by atoms with Crippen LogP contribution in [-0.2, 0) is 14.8 Å². The zero-order valence-corrected chi connectivity index (χ0v) is 13.9. The molecule has 1 atom stereocenters. The molecule has 0 spiro atoms. The number of carboxylic acid groups (broad SMARTS) is 1. The molecule has 0 aliphatic carbocycles. The van der Waals surface area contributed by atoms with E-state index in [1.807, 2.05) is 0 Å². The van der Waals surface area contributed by atoms with Crippen molar-refractivity contribution in [3.8, 4) is 5.75 Å². The van der Waals surface area contributed by atoms with Gasteiger partial charge in [0.05, 0.1) is 6.61 Å². The summed E-state index contributed by atoms with van der Waals surface area (Å²) in [6.07, 6.45) is 0.862. The first-order valence-corrected chi connectivity index (χ1v) is 8.78. The molecule has 1 saturated heterocycles. The minimum atomic E-state index is -3.91. The van der Waals surface area contributed by atoms with E-state index in [2.05, 4.69) is 15.9 Å². The Hall–Kier alpha value is -1.12. The van der Waals surface area contributed by atoms with Gasteiger partial charge in [-0.1, -0.05) is 15.9 Å². The smallest absolute Gasteiger partial charge is 0.322 e. The number of ether oxygens (including phenoxy) is 1. The van der Waals surface area contributed by atoms with Gasteiger partial charge in [-0.2, -0.15) is 4.31 Å². The van der Waals surface area contributed by atoms with Crippen molar-refractivity contribution >= 4 is 31.9 Å². The summed E-state index contributed by atoms with van der Waals surface area (Å²) in [5.74, 6) is -0.888. The summed E-state index contributed by atoms with van der Waals surface area (Å²) < 4.78 is 32.5. The van der Waals surface area contributed by atoms with Crippen molar-refractivity contribution in [2.75, 3.05) is 13.2 Å². The first-order valence-electron chi connectivity index (χ1n) is 6.55. The molecule has 1 fully saturated rings. The molecule has 8 heteroatoms. The van der Waals surface area contributed by atoms with Gasteiger partial charge in [0, 0.05) is 11.0 Å². The Morgan fingerprint density at radius 1 is 1.52 bits per heavy atom. The number of halogens is 1. The summed E-state index contributed by atoms with van der Waals surface area (Å²) in [7, 11) is -3.91. The van der Waals surface area contributed by atoms with Crippen molar-refractivity contribution in [3.63, 3.8) is 0 Å². The molecule has 0 bridgehead atoms. The van der Waals surface area contributed by atoms with E-state index in [1.54, 1.807) is 19.1 Å². The van der Waals surface area contributed by atoms with Crippen LogP contribution in [0.15, 0.2) is 27.6 Å². The molecule has 6 nitrogen and oxygen atoms in total. The van der Waals surface area contributed by atoms with E-state index < -0.39 is 22.0 Å². The number of hydrogen-bond acceptors (Lipinski definition) is 4. The van der Waals surface area contributed by atoms with Crippen molar-refractivity contribution in [1.82, 2.24) is 4.31 Å². The van der Waals surface area contributed by atoms with Crippen LogP contribution in [0.25, 0.3) is 0 Å². The molecule has 1 N–H and O–H groups in total. The SMILES string of the molecule is CCOc1ccc(Br)cc1S(=O)(=O)N1CCC[C@H]1C(=O)O. The number of benzene rings is 1. The normalized spacial score (nSPS) is 19.6. The second kappa shape index (κ2) is 6.33. The Labute approximate surface area is 131 Å². The first-order chi connectivity index (χ1) is 9.87. The van der Waals surface area contributed by atoms with E-state index in [9.17, 15) is 18.3 Å². The van der Waals surface area contributed by atoms with E-state index in [1.165, 1.54) is 6.07 Å². The second-order valence-electron chi connectivity index (χ2n) is 4.64. The van der Waals surface area contributed by atoms with Crippen LogP contribution in [0, 0.1) is 0 Å². The molecule has 0 unspecified atom stereocenters. The summed E-state index contributed by atoms with van der Waals surface area (Å²) in [6.45, 7) is 2.29. The zero-order valence-electron chi connectivity index (χ0n) is 11.5. The lowest BCUT2D eigenvalue weighted by molar-refractivity contribution is -0.140. The van der Waals surface area contributed by atoms with Gasteiger partial charge in [-0.25, -0.2) is 8.42 Å². The number of rotatable bonds is 5. The van der Waals surface area contributed by atoms with Crippen LogP contribution in [-0.4, -0.2) is 43.0 Å². The Bertz CT molecular complexity index is 646. The molecular weight excluding hydrogens is 362 g/mol. The maximum absolute atomic E-state index is 12.8. The molecule has 0 radical (unpaired) electrons. The monoisotopic (exact) mass is 377 g/mol. The Morgan fingerprint density at radius 2 is 2.24 bits per heavy atom. The van der Waals surface area contributed by atoms with Crippen LogP contribution in [0.2, 0.25) is 0 Å². The van der Waals surface area contributed by atoms with E-state index >= 15 is 0 Å². The topological polar surface area (TPSA) is 83.9 Å². The van der Waals surface area contributed by atoms with Gasteiger partial charge < -0.3 is 9.84 Å². The number of nitrogens with zero attached hydrogens (tertiary/aromatic N) is 1. The highest BCUT2D eigenvalue weighted by Crippen LogP contribution is 2.33. The molecule has 0 aromatic heterocycles. The fourth-order valence-corrected chi connectivity index (χ4v) is 4.68. The fourth-order valence-electron chi connectivity index (χ4n) is 2.36. The molecule has 1 heterocycles. The highest BCUT2D eigenvalue weighted by Gasteiger charge is 2.40. The number of aliphatic carboxylic acids is 1. The molecule has 116 valence electrons. The third-order valence-corrected chi connectivity index (χ3v) is 5.70. The van der Waals surface area contributed by atoms with Crippen molar-refractivity contribution in [1.29, 1.82) is 0 Å². The third kappa shape index (κ3) is 3.22. The molecular formula is C13H16BrNO5S. The van der Waals surface area contributed by atoms with Gasteiger partial charge in [-0.15, -0.1) is 0 Å². The molecule has 2 rings (SSSR count). The second-order valence-corrected chi connectivity index (χ2v) is 7.41. The van der Waals surface area contributed by atoms with Crippen LogP contribution < -0.4 is 4.74 Å². The third-order valence-electron chi connectivity index (χ3n) is 3.28. The lowest BCUT2D eigenvalue weighted by Gasteiger charge is -2.22. The number of carbonyl (C=O) groups is 1. The first kappa shape index (κ1) is 16.3. The van der Waals surface area contributed by atoms with Gasteiger partial charge in [0.2, 0.25) is 10.0 Å². The van der Waals surface area contributed by atoms with Crippen LogP contribution in [0.3, 0.4) is 0 Å². The van der Waals surface area contributed by atoms with Gasteiger partial charge in [-0.05, 0) is 38.0 Å². The molecule has 1 aliphatic rings. The molecule has 1 aromatic rings. The maximum atomic E-state index is 12.8. The van der Waals surface area contributed by atoms with Crippen LogP contribution >= 0.6 is 15.9 Å². The van der Waals surface area contributed by atoms with Crippen molar-refractivity contribution in [2.24, 2.45) is 0 Å². The van der Waals surface area contributed by atoms with Crippen LogP contribution in [0.5, 0.6) is 5.75 Å². The maximum Gasteiger partial charge on any atom is 0.322 e. The Morgan fingerprint density at radius 3 is 2.86 bits per heavy atom. The molecule has 21 heavy (non-hydrogen) atoms. The standard InChI is InChI=1S/C13H16BrNO5S/c1-2-20-11-6-5-9(14)8-12(11)21(18,19)15-7-3-4-10(15)13(16)17/h5-6,8,10H,2-4,7H2,1H3,(H,16,17)/t10-/m0/s1. The number of hydrogen-bond donors (Lipinski definition) is 1. The average molecular weight is 378 g/mol. The van der Waals surface area contributed by atoms with E-state index in [-0.39, 0.29) is 17.2 Å². The molecule has 1 aliphatic heterocycles. The summed E-state index contributed by atoms with van der Waals surface area (Å²) in [6, 6.07) is 3.68. The van der Waals surface area contributed by atoms with E-state index in [0.29, 0.717) is 23.9 Å². The fraction of sp³-hybridized carbons (Fsp3) is 0.462. The quantitative estimate of drug-likeness (QED) is 0.848. The highest BCUT2D eigenvalue weighted by molar-refractivity contribution is 9.10. The number of sulfonamides is 1. The van der Waals surface area contributed by atoms with Crippen LogP contribution in [0.1, 0.15) is 19.8 Å². The van der Waals surface area contributed by atoms with Gasteiger partial charge in [-0.3, -0.25) is 4.79 Å². The van der Waals surface area contributed by atoms with Gasteiger partial charge in [0.15, 0.2) is 0 Å². The van der Waals surface area contributed by atoms with E-state index in [0.717, 1.165) is 4.31 Å². The lowest BCUT2D eigenvalue weighted by atomic mass is 10.2. The van der Waals surface area contributed by atoms with Crippen molar-refractivity contribution in [2.45, 2.75) is 30.7 Å². The van der Waals surface area contributed by atoms with Crippen molar-refractivity contribution in [3.05, 3.63) is 22.7 Å². The Balaban J connectivity index is 2.48. The minimum Gasteiger partial charge on any atom is -0.492 e. The summed E-state index contributed by atoms with van der Waals surface area (Å²) >= 11 is 3.24. The Kier molecular flexibility index (Phi) is 4.90. The van der Waals surface area contributed by atoms with Gasteiger partial charge in [0.25, 0.3) is 0 Å². The minimum absolute atomic E-state index is 0.00752. The molecule has 0 saturated carbocycles. The predicted octanol–water partition coefficient (Wildman–Crippen LogP) is 2.09. The van der Waals surface area contributed by atoms with E-state index in [4.69, 9.17) is 4.74 Å². The van der Waals surface area contributed by atoms with Gasteiger partial charge >= 0.3 is 5.97 Å². The summed E-state index contributed by atoms with van der Waals surface area (Å²) in [5.41, 5.74) is 0. The summed E-state index contributed by atoms with van der Waals surface area (Å²) in [5, 5.41) is 9.17. The zero-order chi connectivity index (χ0) is 15.6. The summed E-state index contributed by atoms with van der Waals surface area (Å²) in [4.78, 5) is 11.2. The molecule has 0 amide bonds. The average Bonchev–Trinajstić information content (AvgIpc) is 2.91.